The van der Waals surface area contributed by atoms with Gasteiger partial charge in [0.05, 0.1) is 6.54 Å². The molecule has 0 unspecified atom stereocenters. The molecule has 5 nitrogen and oxygen atoms in total. The molecule has 1 N–H and O–H groups in total. The molecule has 0 aliphatic heterocycles. The maximum atomic E-state index is 5.03. The summed E-state index contributed by atoms with van der Waals surface area (Å²) in [4.78, 5) is 6.39. The Kier molecular flexibility index (Phi) is 6.94. The molecule has 1 heterocycles. The van der Waals surface area contributed by atoms with Crippen molar-refractivity contribution in [2.45, 2.75) is 13.0 Å². The van der Waals surface area contributed by atoms with E-state index < -0.39 is 0 Å². The van der Waals surface area contributed by atoms with Crippen molar-refractivity contribution in [3.8, 4) is 0 Å². The maximum absolute atomic E-state index is 5.03. The summed E-state index contributed by atoms with van der Waals surface area (Å²) in [6.45, 7) is 2.44. The number of hydrogen-bond donors (Lipinski definition) is 1. The number of aliphatic imine (C=N–C) groups is 1. The number of ether oxygens (including phenoxy) is 1. The molecular formula is C13H23BrN4O. The molecule has 0 bridgehead atoms. The number of methoxy groups -OCH3 is 1. The lowest BCUT2D eigenvalue weighted by Gasteiger charge is -2.22. The quantitative estimate of drug-likeness (QED) is 0.491. The van der Waals surface area contributed by atoms with E-state index in [1.54, 1.807) is 14.2 Å². The van der Waals surface area contributed by atoms with Gasteiger partial charge in [-0.1, -0.05) is 0 Å². The Hall–Kier alpha value is -1.01. The van der Waals surface area contributed by atoms with E-state index in [1.807, 2.05) is 14.1 Å². The van der Waals surface area contributed by atoms with Crippen molar-refractivity contribution in [1.82, 2.24) is 14.8 Å². The summed E-state index contributed by atoms with van der Waals surface area (Å²) in [6, 6.07) is 2.12. The standard InChI is InChI=1S/C13H23BrN4O/c1-15-13(16-6-5-7-19-4)18(3)10-12-8-11(14)9-17(12)2/h8-9H,5-7,10H2,1-4H3,(H,15,16). The molecule has 6 heteroatoms. The van der Waals surface area contributed by atoms with Crippen LogP contribution in [0, 0.1) is 0 Å². The predicted octanol–water partition coefficient (Wildman–Crippen LogP) is 1.83. The maximum Gasteiger partial charge on any atom is 0.193 e. The third kappa shape index (κ3) is 5.24. The molecule has 0 aliphatic carbocycles. The topological polar surface area (TPSA) is 41.8 Å². The lowest BCUT2D eigenvalue weighted by Crippen LogP contribution is -2.39. The highest BCUT2D eigenvalue weighted by molar-refractivity contribution is 9.10. The first kappa shape index (κ1) is 16.0. The predicted molar refractivity (Wildman–Crippen MR) is 82.4 cm³/mol. The van der Waals surface area contributed by atoms with E-state index >= 15 is 0 Å². The van der Waals surface area contributed by atoms with Crippen molar-refractivity contribution in [2.24, 2.45) is 12.0 Å². The minimum atomic E-state index is 0.762. The highest BCUT2D eigenvalue weighted by Gasteiger charge is 2.09. The van der Waals surface area contributed by atoms with Crippen LogP contribution in [-0.2, 0) is 18.3 Å². The van der Waals surface area contributed by atoms with E-state index in [-0.39, 0.29) is 0 Å². The smallest absolute Gasteiger partial charge is 0.193 e. The molecule has 1 aromatic rings. The van der Waals surface area contributed by atoms with Crippen molar-refractivity contribution >= 4 is 21.9 Å². The molecule has 0 fully saturated rings. The zero-order valence-corrected chi connectivity index (χ0v) is 13.7. The summed E-state index contributed by atoms with van der Waals surface area (Å²) in [5.41, 5.74) is 1.23. The van der Waals surface area contributed by atoms with Crippen LogP contribution in [0.4, 0.5) is 0 Å². The van der Waals surface area contributed by atoms with Crippen LogP contribution in [0.15, 0.2) is 21.7 Å². The second-order valence-corrected chi connectivity index (χ2v) is 5.35. The van der Waals surface area contributed by atoms with Crippen LogP contribution in [0.1, 0.15) is 12.1 Å². The van der Waals surface area contributed by atoms with Gasteiger partial charge in [0.1, 0.15) is 0 Å². The summed E-state index contributed by atoms with van der Waals surface area (Å²) < 4.78 is 8.24. The first-order valence-corrected chi connectivity index (χ1v) is 7.09. The SMILES string of the molecule is CN=C(NCCCOC)N(C)Cc1cc(Br)cn1C. The van der Waals surface area contributed by atoms with Crippen LogP contribution in [-0.4, -0.2) is 49.8 Å². The van der Waals surface area contributed by atoms with Crippen molar-refractivity contribution in [1.29, 1.82) is 0 Å². The fourth-order valence-electron chi connectivity index (χ4n) is 1.84. The average molecular weight is 331 g/mol. The Labute approximate surface area is 123 Å². The third-order valence-electron chi connectivity index (χ3n) is 2.86. The molecule has 0 spiro atoms. The van der Waals surface area contributed by atoms with Gasteiger partial charge in [-0.3, -0.25) is 4.99 Å². The Bertz CT molecular complexity index is 417. The summed E-state index contributed by atoms with van der Waals surface area (Å²) in [6.07, 6.45) is 3.02. The van der Waals surface area contributed by atoms with Crippen LogP contribution in [0.3, 0.4) is 0 Å². The largest absolute Gasteiger partial charge is 0.385 e. The first-order valence-electron chi connectivity index (χ1n) is 6.30. The number of nitrogens with one attached hydrogen (secondary N) is 1. The Morgan fingerprint density at radius 2 is 2.32 bits per heavy atom. The average Bonchev–Trinajstić information content (AvgIpc) is 2.68. The second kappa shape index (κ2) is 8.22. The molecule has 1 rings (SSSR count). The fraction of sp³-hybridized carbons (Fsp3) is 0.615. The summed E-state index contributed by atoms with van der Waals surface area (Å²) in [5.74, 6) is 0.897. The normalized spacial score (nSPS) is 11.7. The molecular weight excluding hydrogens is 308 g/mol. The second-order valence-electron chi connectivity index (χ2n) is 4.44. The minimum absolute atomic E-state index is 0.762. The number of halogens is 1. The van der Waals surface area contributed by atoms with Gasteiger partial charge in [-0.05, 0) is 28.4 Å². The highest BCUT2D eigenvalue weighted by Crippen LogP contribution is 2.14. The first-order chi connectivity index (χ1) is 9.08. The van der Waals surface area contributed by atoms with Crippen LogP contribution in [0.25, 0.3) is 0 Å². The van der Waals surface area contributed by atoms with Crippen molar-refractivity contribution in [3.63, 3.8) is 0 Å². The molecule has 19 heavy (non-hydrogen) atoms. The number of hydrogen-bond acceptors (Lipinski definition) is 2. The van der Waals surface area contributed by atoms with E-state index in [2.05, 4.69) is 48.0 Å². The van der Waals surface area contributed by atoms with Crippen molar-refractivity contribution in [3.05, 3.63) is 22.4 Å². The summed E-state index contributed by atoms with van der Waals surface area (Å²) in [5, 5.41) is 3.33. The Balaban J connectivity index is 2.50. The zero-order chi connectivity index (χ0) is 14.3. The van der Waals surface area contributed by atoms with E-state index in [4.69, 9.17) is 4.74 Å². The number of aromatic nitrogens is 1. The zero-order valence-electron chi connectivity index (χ0n) is 12.1. The minimum Gasteiger partial charge on any atom is -0.385 e. The van der Waals surface area contributed by atoms with Crippen LogP contribution in [0.5, 0.6) is 0 Å². The molecule has 0 saturated carbocycles. The van der Waals surface area contributed by atoms with E-state index in [0.29, 0.717) is 0 Å². The van der Waals surface area contributed by atoms with Crippen LogP contribution >= 0.6 is 15.9 Å². The van der Waals surface area contributed by atoms with Gasteiger partial charge in [0, 0.05) is 57.8 Å². The number of guanidine groups is 1. The summed E-state index contributed by atoms with van der Waals surface area (Å²) in [7, 11) is 7.60. The van der Waals surface area contributed by atoms with E-state index in [9.17, 15) is 0 Å². The third-order valence-corrected chi connectivity index (χ3v) is 3.29. The molecule has 108 valence electrons. The van der Waals surface area contributed by atoms with Crippen LogP contribution in [0.2, 0.25) is 0 Å². The molecule has 1 aromatic heterocycles. The molecule has 0 aliphatic rings. The lowest BCUT2D eigenvalue weighted by molar-refractivity contribution is 0.195. The molecule has 0 saturated heterocycles. The molecule has 0 amide bonds. The number of aryl methyl sites for hydroxylation is 1. The summed E-state index contributed by atoms with van der Waals surface area (Å²) >= 11 is 3.49. The van der Waals surface area contributed by atoms with Gasteiger partial charge in [-0.15, -0.1) is 0 Å². The van der Waals surface area contributed by atoms with Crippen molar-refractivity contribution < 1.29 is 4.74 Å². The van der Waals surface area contributed by atoms with Gasteiger partial charge in [-0.25, -0.2) is 0 Å². The highest BCUT2D eigenvalue weighted by atomic mass is 79.9. The lowest BCUT2D eigenvalue weighted by atomic mass is 10.4. The van der Waals surface area contributed by atoms with Gasteiger partial charge >= 0.3 is 0 Å². The van der Waals surface area contributed by atoms with Gasteiger partial charge in [-0.2, -0.15) is 0 Å². The van der Waals surface area contributed by atoms with Gasteiger partial charge < -0.3 is 19.5 Å². The molecule has 0 radical (unpaired) electrons. The van der Waals surface area contributed by atoms with Gasteiger partial charge in [0.15, 0.2) is 5.96 Å². The molecule has 0 atom stereocenters. The molecule has 0 aromatic carbocycles. The van der Waals surface area contributed by atoms with Gasteiger partial charge in [0.25, 0.3) is 0 Å². The van der Waals surface area contributed by atoms with E-state index in [1.165, 1.54) is 5.69 Å². The Morgan fingerprint density at radius 1 is 1.58 bits per heavy atom. The Morgan fingerprint density at radius 3 is 2.84 bits per heavy atom. The number of rotatable bonds is 6. The number of nitrogens with zero attached hydrogens (tertiary/aromatic N) is 3. The fourth-order valence-corrected chi connectivity index (χ4v) is 2.41. The van der Waals surface area contributed by atoms with Crippen molar-refractivity contribution in [2.75, 3.05) is 34.4 Å². The van der Waals surface area contributed by atoms with E-state index in [0.717, 1.165) is 36.5 Å². The monoisotopic (exact) mass is 330 g/mol. The van der Waals surface area contributed by atoms with Crippen LogP contribution < -0.4 is 5.32 Å². The van der Waals surface area contributed by atoms with Gasteiger partial charge in [0.2, 0.25) is 0 Å².